The first-order valence-corrected chi connectivity index (χ1v) is 5.60. The second-order valence-corrected chi connectivity index (χ2v) is 4.04. The number of aryl methyl sites for hydroxylation is 1. The minimum atomic E-state index is -0.302. The molecule has 2 N–H and O–H groups in total. The van der Waals surface area contributed by atoms with Crippen molar-refractivity contribution < 1.29 is 4.79 Å². The van der Waals surface area contributed by atoms with Gasteiger partial charge in [-0.3, -0.25) is 4.79 Å². The van der Waals surface area contributed by atoms with Crippen LogP contribution < -0.4 is 10.6 Å². The number of nitrogens with one attached hydrogen (secondary N) is 2. The van der Waals surface area contributed by atoms with Crippen LogP contribution in [0.1, 0.15) is 18.1 Å². The molecule has 3 heteroatoms. The molecular weight excluding hydrogens is 212 g/mol. The summed E-state index contributed by atoms with van der Waals surface area (Å²) < 4.78 is 0. The average Bonchev–Trinajstić information content (AvgIpc) is 2.31. The van der Waals surface area contributed by atoms with Crippen molar-refractivity contribution in [3.8, 4) is 12.3 Å². The van der Waals surface area contributed by atoms with Crippen LogP contribution in [-0.2, 0) is 4.79 Å². The van der Waals surface area contributed by atoms with Crippen LogP contribution in [0.15, 0.2) is 18.2 Å². The highest BCUT2D eigenvalue weighted by molar-refractivity contribution is 5.84. The van der Waals surface area contributed by atoms with Crippen molar-refractivity contribution in [3.63, 3.8) is 0 Å². The van der Waals surface area contributed by atoms with E-state index in [1.807, 2.05) is 39.0 Å². The predicted octanol–water partition coefficient (Wildman–Crippen LogP) is 1.85. The fourth-order valence-corrected chi connectivity index (χ4v) is 1.50. The van der Waals surface area contributed by atoms with Gasteiger partial charge in [0.05, 0.1) is 6.54 Å². The molecule has 1 rings (SSSR count). The van der Waals surface area contributed by atoms with Crippen molar-refractivity contribution in [1.82, 2.24) is 5.32 Å². The van der Waals surface area contributed by atoms with Crippen LogP contribution in [0.3, 0.4) is 0 Å². The standard InChI is InChI=1S/C14H18N2O/c1-5-9-15-14(17)12(4)16-13-8-6-7-10(2)11(13)3/h1,6-8,12,16H,9H2,2-4H3,(H,15,17). The van der Waals surface area contributed by atoms with Gasteiger partial charge in [-0.1, -0.05) is 18.1 Å². The second kappa shape index (κ2) is 5.95. The van der Waals surface area contributed by atoms with Crippen LogP contribution >= 0.6 is 0 Å². The Morgan fingerprint density at radius 3 is 2.82 bits per heavy atom. The highest BCUT2D eigenvalue weighted by Crippen LogP contribution is 2.18. The molecule has 0 aliphatic heterocycles. The van der Waals surface area contributed by atoms with Gasteiger partial charge in [-0.15, -0.1) is 6.42 Å². The van der Waals surface area contributed by atoms with Gasteiger partial charge in [-0.25, -0.2) is 0 Å². The zero-order valence-corrected chi connectivity index (χ0v) is 10.5. The summed E-state index contributed by atoms with van der Waals surface area (Å²) in [6.45, 7) is 6.15. The fraction of sp³-hybridized carbons (Fsp3) is 0.357. The maximum absolute atomic E-state index is 11.6. The van der Waals surface area contributed by atoms with Crippen LogP contribution in [0.25, 0.3) is 0 Å². The highest BCUT2D eigenvalue weighted by Gasteiger charge is 2.12. The normalized spacial score (nSPS) is 11.4. The van der Waals surface area contributed by atoms with Gasteiger partial charge in [0, 0.05) is 5.69 Å². The van der Waals surface area contributed by atoms with Crippen molar-refractivity contribution in [2.75, 3.05) is 11.9 Å². The molecule has 0 saturated carbocycles. The quantitative estimate of drug-likeness (QED) is 0.775. The molecule has 3 nitrogen and oxygen atoms in total. The molecular formula is C14H18N2O. The van der Waals surface area contributed by atoms with E-state index >= 15 is 0 Å². The molecule has 1 atom stereocenters. The van der Waals surface area contributed by atoms with Crippen molar-refractivity contribution in [3.05, 3.63) is 29.3 Å². The van der Waals surface area contributed by atoms with Crippen LogP contribution in [-0.4, -0.2) is 18.5 Å². The van der Waals surface area contributed by atoms with E-state index in [0.29, 0.717) is 0 Å². The van der Waals surface area contributed by atoms with Gasteiger partial charge in [0.15, 0.2) is 0 Å². The van der Waals surface area contributed by atoms with Gasteiger partial charge in [0.1, 0.15) is 6.04 Å². The van der Waals surface area contributed by atoms with Crippen molar-refractivity contribution >= 4 is 11.6 Å². The molecule has 0 heterocycles. The molecule has 0 radical (unpaired) electrons. The molecule has 1 aromatic rings. The number of amides is 1. The number of terminal acetylenes is 1. The molecule has 0 spiro atoms. The Balaban J connectivity index is 2.68. The molecule has 0 fully saturated rings. The second-order valence-electron chi connectivity index (χ2n) is 4.04. The van der Waals surface area contributed by atoms with E-state index in [2.05, 4.69) is 16.6 Å². The van der Waals surface area contributed by atoms with Crippen LogP contribution in [0.4, 0.5) is 5.69 Å². The van der Waals surface area contributed by atoms with Gasteiger partial charge in [-0.2, -0.15) is 0 Å². The summed E-state index contributed by atoms with van der Waals surface area (Å²) in [5.74, 6) is 2.28. The van der Waals surface area contributed by atoms with E-state index in [1.54, 1.807) is 0 Å². The maximum Gasteiger partial charge on any atom is 0.242 e. The average molecular weight is 230 g/mol. The van der Waals surface area contributed by atoms with Crippen molar-refractivity contribution in [2.24, 2.45) is 0 Å². The molecule has 0 aromatic heterocycles. The van der Waals surface area contributed by atoms with E-state index < -0.39 is 0 Å². The van der Waals surface area contributed by atoms with Crippen molar-refractivity contribution in [1.29, 1.82) is 0 Å². The maximum atomic E-state index is 11.6. The summed E-state index contributed by atoms with van der Waals surface area (Å²) in [6, 6.07) is 5.68. The summed E-state index contributed by atoms with van der Waals surface area (Å²) in [5, 5.41) is 5.83. The first kappa shape index (κ1) is 13.1. The molecule has 1 aromatic carbocycles. The topological polar surface area (TPSA) is 41.1 Å². The number of carbonyl (C=O) groups excluding carboxylic acids is 1. The Labute approximate surface area is 103 Å². The molecule has 0 aliphatic carbocycles. The Kier molecular flexibility index (Phi) is 4.59. The van der Waals surface area contributed by atoms with E-state index in [0.717, 1.165) is 11.3 Å². The minimum absolute atomic E-state index is 0.0937. The summed E-state index contributed by atoms with van der Waals surface area (Å²) in [5.41, 5.74) is 3.34. The van der Waals surface area contributed by atoms with Gasteiger partial charge >= 0.3 is 0 Å². The van der Waals surface area contributed by atoms with E-state index in [9.17, 15) is 4.79 Å². The number of carbonyl (C=O) groups is 1. The lowest BCUT2D eigenvalue weighted by Crippen LogP contribution is -2.37. The smallest absolute Gasteiger partial charge is 0.242 e. The first-order valence-electron chi connectivity index (χ1n) is 5.60. The molecule has 90 valence electrons. The fourth-order valence-electron chi connectivity index (χ4n) is 1.50. The van der Waals surface area contributed by atoms with E-state index in [-0.39, 0.29) is 18.5 Å². The minimum Gasteiger partial charge on any atom is -0.374 e. The summed E-state index contributed by atoms with van der Waals surface area (Å²) in [6.07, 6.45) is 5.09. The number of rotatable bonds is 4. The molecule has 1 unspecified atom stereocenters. The van der Waals surface area contributed by atoms with Crippen LogP contribution in [0.2, 0.25) is 0 Å². The zero-order valence-electron chi connectivity index (χ0n) is 10.5. The third-order valence-corrected chi connectivity index (χ3v) is 2.73. The third kappa shape index (κ3) is 3.53. The van der Waals surface area contributed by atoms with Crippen LogP contribution in [0, 0.1) is 26.2 Å². The molecule has 0 aliphatic rings. The van der Waals surface area contributed by atoms with Crippen LogP contribution in [0.5, 0.6) is 0 Å². The Hall–Kier alpha value is -1.95. The van der Waals surface area contributed by atoms with Gasteiger partial charge in [0.2, 0.25) is 5.91 Å². The lowest BCUT2D eigenvalue weighted by atomic mass is 10.1. The number of hydrogen-bond acceptors (Lipinski definition) is 2. The number of anilines is 1. The van der Waals surface area contributed by atoms with E-state index in [1.165, 1.54) is 5.56 Å². The van der Waals surface area contributed by atoms with Gasteiger partial charge in [0.25, 0.3) is 0 Å². The SMILES string of the molecule is C#CCNC(=O)C(C)Nc1cccc(C)c1C. The predicted molar refractivity (Wildman–Crippen MR) is 70.8 cm³/mol. The monoisotopic (exact) mass is 230 g/mol. The highest BCUT2D eigenvalue weighted by atomic mass is 16.2. The number of benzene rings is 1. The summed E-state index contributed by atoms with van der Waals surface area (Å²) >= 11 is 0. The first-order chi connectivity index (χ1) is 8.06. The molecule has 17 heavy (non-hydrogen) atoms. The molecule has 0 bridgehead atoms. The molecule has 0 saturated heterocycles. The number of hydrogen-bond donors (Lipinski definition) is 2. The lowest BCUT2D eigenvalue weighted by molar-refractivity contribution is -0.121. The third-order valence-electron chi connectivity index (χ3n) is 2.73. The molecule has 1 amide bonds. The zero-order chi connectivity index (χ0) is 12.8. The Bertz CT molecular complexity index is 446. The van der Waals surface area contributed by atoms with Gasteiger partial charge < -0.3 is 10.6 Å². The summed E-state index contributed by atoms with van der Waals surface area (Å²) in [7, 11) is 0. The van der Waals surface area contributed by atoms with Crippen molar-refractivity contribution in [2.45, 2.75) is 26.8 Å². The Morgan fingerprint density at radius 1 is 1.47 bits per heavy atom. The largest absolute Gasteiger partial charge is 0.374 e. The van der Waals surface area contributed by atoms with E-state index in [4.69, 9.17) is 6.42 Å². The lowest BCUT2D eigenvalue weighted by Gasteiger charge is -2.17. The van der Waals surface area contributed by atoms with Gasteiger partial charge in [-0.05, 0) is 38.0 Å². The Morgan fingerprint density at radius 2 is 2.18 bits per heavy atom. The summed E-state index contributed by atoms with van der Waals surface area (Å²) in [4.78, 5) is 11.6.